The number of hydrogen-bond donors (Lipinski definition) is 1. The summed E-state index contributed by atoms with van der Waals surface area (Å²) >= 11 is 0. The SMILES string of the molecule is CC(N)C(N1CCC2(CCCC2)CC1)C(C)(C)C. The molecule has 0 amide bonds. The zero-order valence-electron chi connectivity index (χ0n) is 12.8. The maximum atomic E-state index is 6.26. The van der Waals surface area contributed by atoms with Crippen LogP contribution in [0.2, 0.25) is 0 Å². The van der Waals surface area contributed by atoms with Crippen LogP contribution < -0.4 is 5.73 Å². The summed E-state index contributed by atoms with van der Waals surface area (Å²) in [6.07, 6.45) is 8.73. The number of nitrogens with zero attached hydrogens (tertiary/aromatic N) is 1. The van der Waals surface area contributed by atoms with Gasteiger partial charge in [-0.15, -0.1) is 0 Å². The van der Waals surface area contributed by atoms with Gasteiger partial charge in [0, 0.05) is 12.1 Å². The lowest BCUT2D eigenvalue weighted by Crippen LogP contribution is -2.56. The lowest BCUT2D eigenvalue weighted by molar-refractivity contribution is 0.0220. The summed E-state index contributed by atoms with van der Waals surface area (Å²) in [6, 6.07) is 0.791. The van der Waals surface area contributed by atoms with Gasteiger partial charge in [0.15, 0.2) is 0 Å². The van der Waals surface area contributed by atoms with Crippen molar-refractivity contribution >= 4 is 0 Å². The van der Waals surface area contributed by atoms with Gasteiger partial charge in [-0.1, -0.05) is 33.6 Å². The van der Waals surface area contributed by atoms with Crippen molar-refractivity contribution in [1.82, 2.24) is 4.90 Å². The first-order valence-corrected chi connectivity index (χ1v) is 7.84. The van der Waals surface area contributed by atoms with Crippen LogP contribution in [-0.2, 0) is 0 Å². The van der Waals surface area contributed by atoms with Crippen molar-refractivity contribution in [3.05, 3.63) is 0 Å². The van der Waals surface area contributed by atoms with Gasteiger partial charge in [0.2, 0.25) is 0 Å². The van der Waals surface area contributed by atoms with E-state index in [1.165, 1.54) is 51.6 Å². The Morgan fingerprint density at radius 1 is 1.00 bits per heavy atom. The molecule has 1 saturated carbocycles. The highest BCUT2D eigenvalue weighted by Gasteiger charge is 2.41. The molecule has 0 aromatic carbocycles. The van der Waals surface area contributed by atoms with Gasteiger partial charge in [0.1, 0.15) is 0 Å². The number of hydrogen-bond acceptors (Lipinski definition) is 2. The highest BCUT2D eigenvalue weighted by atomic mass is 15.2. The maximum Gasteiger partial charge on any atom is 0.0292 e. The van der Waals surface area contributed by atoms with Gasteiger partial charge in [-0.05, 0) is 56.5 Å². The number of nitrogens with two attached hydrogens (primary N) is 1. The Bertz CT molecular complexity index is 261. The molecule has 0 radical (unpaired) electrons. The van der Waals surface area contributed by atoms with Crippen LogP contribution in [0.1, 0.15) is 66.2 Å². The topological polar surface area (TPSA) is 29.3 Å². The third kappa shape index (κ3) is 2.91. The molecule has 2 fully saturated rings. The third-order valence-electron chi connectivity index (χ3n) is 5.30. The van der Waals surface area contributed by atoms with E-state index in [4.69, 9.17) is 5.73 Å². The molecule has 106 valence electrons. The Balaban J connectivity index is 1.99. The summed E-state index contributed by atoms with van der Waals surface area (Å²) in [6.45, 7) is 11.7. The van der Waals surface area contributed by atoms with Crippen molar-refractivity contribution in [3.8, 4) is 0 Å². The predicted molar refractivity (Wildman–Crippen MR) is 78.6 cm³/mol. The number of rotatable bonds is 2. The molecule has 1 aliphatic heterocycles. The second kappa shape index (κ2) is 5.13. The van der Waals surface area contributed by atoms with E-state index in [2.05, 4.69) is 32.6 Å². The first kappa shape index (κ1) is 14.3. The molecule has 1 heterocycles. The Morgan fingerprint density at radius 3 is 1.89 bits per heavy atom. The molecule has 1 aliphatic carbocycles. The summed E-state index contributed by atoms with van der Waals surface area (Å²) in [5.74, 6) is 0. The van der Waals surface area contributed by atoms with E-state index in [9.17, 15) is 0 Å². The first-order valence-electron chi connectivity index (χ1n) is 7.84. The van der Waals surface area contributed by atoms with E-state index >= 15 is 0 Å². The lowest BCUT2D eigenvalue weighted by atomic mass is 9.74. The van der Waals surface area contributed by atoms with Crippen LogP contribution in [0.15, 0.2) is 0 Å². The van der Waals surface area contributed by atoms with Crippen LogP contribution >= 0.6 is 0 Å². The standard InChI is InChI=1S/C16H32N2/c1-13(17)14(15(2,3)4)18-11-9-16(10-12-18)7-5-6-8-16/h13-14H,5-12,17H2,1-4H3. The van der Waals surface area contributed by atoms with Gasteiger partial charge >= 0.3 is 0 Å². The summed E-state index contributed by atoms with van der Waals surface area (Å²) in [5, 5.41) is 0. The van der Waals surface area contributed by atoms with E-state index in [1.54, 1.807) is 0 Å². The van der Waals surface area contributed by atoms with Crippen LogP contribution in [0.25, 0.3) is 0 Å². The zero-order chi connectivity index (χ0) is 13.4. The molecule has 2 nitrogen and oxygen atoms in total. The molecule has 0 aromatic heterocycles. The fraction of sp³-hybridized carbons (Fsp3) is 1.00. The van der Waals surface area contributed by atoms with Crippen LogP contribution in [-0.4, -0.2) is 30.1 Å². The minimum absolute atomic E-state index is 0.266. The van der Waals surface area contributed by atoms with Gasteiger partial charge in [-0.2, -0.15) is 0 Å². The molecular formula is C16H32N2. The predicted octanol–water partition coefficient (Wildman–Crippen LogP) is 3.40. The van der Waals surface area contributed by atoms with Gasteiger partial charge in [0.05, 0.1) is 0 Å². The van der Waals surface area contributed by atoms with Crippen molar-refractivity contribution in [2.75, 3.05) is 13.1 Å². The van der Waals surface area contributed by atoms with Crippen molar-refractivity contribution in [2.24, 2.45) is 16.6 Å². The van der Waals surface area contributed by atoms with E-state index in [0.717, 1.165) is 5.41 Å². The number of likely N-dealkylation sites (tertiary alicyclic amines) is 1. The normalized spacial score (nSPS) is 28.5. The van der Waals surface area contributed by atoms with Crippen LogP contribution in [0.5, 0.6) is 0 Å². The fourth-order valence-corrected chi connectivity index (χ4v) is 4.57. The molecule has 2 unspecified atom stereocenters. The zero-order valence-corrected chi connectivity index (χ0v) is 12.8. The summed E-state index contributed by atoms with van der Waals surface area (Å²) < 4.78 is 0. The molecule has 2 N–H and O–H groups in total. The molecule has 1 saturated heterocycles. The molecule has 2 atom stereocenters. The molecule has 1 spiro atoms. The molecule has 0 bridgehead atoms. The van der Waals surface area contributed by atoms with Crippen LogP contribution in [0.4, 0.5) is 0 Å². The monoisotopic (exact) mass is 252 g/mol. The van der Waals surface area contributed by atoms with Crippen molar-refractivity contribution < 1.29 is 0 Å². The second-order valence-corrected chi connectivity index (χ2v) is 7.91. The van der Waals surface area contributed by atoms with Gasteiger partial charge < -0.3 is 5.73 Å². The molecule has 18 heavy (non-hydrogen) atoms. The van der Waals surface area contributed by atoms with E-state index in [1.807, 2.05) is 0 Å². The Hall–Kier alpha value is -0.0800. The van der Waals surface area contributed by atoms with E-state index in [0.29, 0.717) is 6.04 Å². The van der Waals surface area contributed by atoms with Gasteiger partial charge in [-0.3, -0.25) is 4.90 Å². The Morgan fingerprint density at radius 2 is 1.50 bits per heavy atom. The first-order chi connectivity index (χ1) is 8.34. The molecular weight excluding hydrogens is 220 g/mol. The Kier molecular flexibility index (Phi) is 4.08. The fourth-order valence-electron chi connectivity index (χ4n) is 4.57. The quantitative estimate of drug-likeness (QED) is 0.816. The van der Waals surface area contributed by atoms with Crippen LogP contribution in [0, 0.1) is 10.8 Å². The largest absolute Gasteiger partial charge is 0.327 e. The summed E-state index contributed by atoms with van der Waals surface area (Å²) in [5.41, 5.74) is 7.26. The van der Waals surface area contributed by atoms with Crippen molar-refractivity contribution in [2.45, 2.75) is 78.3 Å². The molecule has 2 rings (SSSR count). The average Bonchev–Trinajstić information content (AvgIpc) is 2.68. The minimum atomic E-state index is 0.266. The summed E-state index contributed by atoms with van der Waals surface area (Å²) in [7, 11) is 0. The van der Waals surface area contributed by atoms with Crippen molar-refractivity contribution in [3.63, 3.8) is 0 Å². The molecule has 2 heteroatoms. The Labute approximate surface area is 113 Å². The molecule has 0 aromatic rings. The highest BCUT2D eigenvalue weighted by molar-refractivity contribution is 4.95. The smallest absolute Gasteiger partial charge is 0.0292 e. The highest BCUT2D eigenvalue weighted by Crippen LogP contribution is 2.47. The second-order valence-electron chi connectivity index (χ2n) is 7.91. The van der Waals surface area contributed by atoms with E-state index in [-0.39, 0.29) is 11.5 Å². The van der Waals surface area contributed by atoms with Crippen LogP contribution in [0.3, 0.4) is 0 Å². The third-order valence-corrected chi connectivity index (χ3v) is 5.30. The van der Waals surface area contributed by atoms with Crippen molar-refractivity contribution in [1.29, 1.82) is 0 Å². The average molecular weight is 252 g/mol. The van der Waals surface area contributed by atoms with Gasteiger partial charge in [0.25, 0.3) is 0 Å². The number of piperidine rings is 1. The maximum absolute atomic E-state index is 6.26. The van der Waals surface area contributed by atoms with Gasteiger partial charge in [-0.25, -0.2) is 0 Å². The summed E-state index contributed by atoms with van der Waals surface area (Å²) in [4.78, 5) is 2.67. The molecule has 2 aliphatic rings. The minimum Gasteiger partial charge on any atom is -0.327 e. The lowest BCUT2D eigenvalue weighted by Gasteiger charge is -2.48. The van der Waals surface area contributed by atoms with E-state index < -0.39 is 0 Å².